The van der Waals surface area contributed by atoms with Crippen LogP contribution in [0.5, 0.6) is 5.75 Å². The fourth-order valence-corrected chi connectivity index (χ4v) is 5.18. The molecule has 2 aromatic heterocycles. The quantitative estimate of drug-likeness (QED) is 0.350. The van der Waals surface area contributed by atoms with E-state index in [1.165, 1.54) is 16.5 Å². The number of piperidine rings is 1. The summed E-state index contributed by atoms with van der Waals surface area (Å²) in [6.45, 7) is 3.89. The van der Waals surface area contributed by atoms with Crippen molar-refractivity contribution in [1.82, 2.24) is 20.2 Å². The maximum absolute atomic E-state index is 13.2. The molecule has 1 aliphatic heterocycles. The molecular weight excluding hydrogens is 448 g/mol. The number of nitrogens with zero attached hydrogens (tertiary/aromatic N) is 2. The average molecular weight is 483 g/mol. The Morgan fingerprint density at radius 2 is 1.89 bits per heavy atom. The summed E-state index contributed by atoms with van der Waals surface area (Å²) in [6.07, 6.45) is 8.16. The van der Waals surface area contributed by atoms with Gasteiger partial charge in [0.05, 0.1) is 18.7 Å². The average Bonchev–Trinajstić information content (AvgIpc) is 3.35. The SMILES string of the molecule is O=C(NCCc1c[nH]c2ccccc12)[C@@H]1C[C@H](COc2cccnc2)CN(CCc2ccccc2)C1. The zero-order valence-electron chi connectivity index (χ0n) is 20.6. The fourth-order valence-electron chi connectivity index (χ4n) is 5.18. The highest BCUT2D eigenvalue weighted by Gasteiger charge is 2.31. The van der Waals surface area contributed by atoms with E-state index in [1.54, 1.807) is 12.4 Å². The predicted molar refractivity (Wildman–Crippen MR) is 143 cm³/mol. The van der Waals surface area contributed by atoms with E-state index in [9.17, 15) is 4.79 Å². The Morgan fingerprint density at radius 3 is 2.75 bits per heavy atom. The molecule has 2 N–H and O–H groups in total. The summed E-state index contributed by atoms with van der Waals surface area (Å²) in [7, 11) is 0. The molecule has 0 spiro atoms. The first kappa shape index (κ1) is 24.1. The van der Waals surface area contributed by atoms with Crippen LogP contribution < -0.4 is 10.1 Å². The molecule has 1 saturated heterocycles. The van der Waals surface area contributed by atoms with E-state index in [0.29, 0.717) is 19.1 Å². The molecule has 4 aromatic rings. The number of pyridine rings is 1. The maximum Gasteiger partial charge on any atom is 0.224 e. The van der Waals surface area contributed by atoms with Crippen molar-refractivity contribution in [3.8, 4) is 5.75 Å². The van der Waals surface area contributed by atoms with Crippen molar-refractivity contribution in [2.45, 2.75) is 19.3 Å². The molecule has 0 unspecified atom stereocenters. The molecule has 1 amide bonds. The predicted octanol–water partition coefficient (Wildman–Crippen LogP) is 4.48. The largest absolute Gasteiger partial charge is 0.492 e. The van der Waals surface area contributed by atoms with Crippen LogP contribution in [0.25, 0.3) is 10.9 Å². The number of benzene rings is 2. The van der Waals surface area contributed by atoms with Gasteiger partial charge in [-0.05, 0) is 48.6 Å². The Hall–Kier alpha value is -3.64. The zero-order chi connectivity index (χ0) is 24.6. The lowest BCUT2D eigenvalue weighted by molar-refractivity contribution is -0.127. The first-order valence-corrected chi connectivity index (χ1v) is 12.9. The minimum atomic E-state index is -0.0417. The normalized spacial score (nSPS) is 18.2. The number of hydrogen-bond acceptors (Lipinski definition) is 4. The van der Waals surface area contributed by atoms with Gasteiger partial charge in [0.2, 0.25) is 5.91 Å². The second-order valence-corrected chi connectivity index (χ2v) is 9.69. The molecule has 2 aromatic carbocycles. The van der Waals surface area contributed by atoms with E-state index in [2.05, 4.69) is 68.8 Å². The number of para-hydroxylation sites is 1. The third-order valence-electron chi connectivity index (χ3n) is 7.03. The van der Waals surface area contributed by atoms with Crippen LogP contribution in [-0.4, -0.2) is 53.6 Å². The van der Waals surface area contributed by atoms with Crippen LogP contribution in [0.1, 0.15) is 17.5 Å². The number of nitrogens with one attached hydrogen (secondary N) is 2. The molecule has 3 heterocycles. The highest BCUT2D eigenvalue weighted by atomic mass is 16.5. The summed E-state index contributed by atoms with van der Waals surface area (Å²) >= 11 is 0. The van der Waals surface area contributed by atoms with Gasteiger partial charge < -0.3 is 19.9 Å². The number of likely N-dealkylation sites (tertiary alicyclic amines) is 1. The van der Waals surface area contributed by atoms with E-state index in [1.807, 2.05) is 24.3 Å². The second kappa shape index (κ2) is 11.9. The van der Waals surface area contributed by atoms with Crippen molar-refractivity contribution in [1.29, 1.82) is 0 Å². The summed E-state index contributed by atoms with van der Waals surface area (Å²) in [6, 6.07) is 22.7. The highest BCUT2D eigenvalue weighted by molar-refractivity contribution is 5.83. The summed E-state index contributed by atoms with van der Waals surface area (Å²) in [4.78, 5) is 23.1. The Kier molecular flexibility index (Phi) is 7.93. The van der Waals surface area contributed by atoms with Crippen molar-refractivity contribution in [3.63, 3.8) is 0 Å². The van der Waals surface area contributed by atoms with Crippen LogP contribution >= 0.6 is 0 Å². The van der Waals surface area contributed by atoms with Gasteiger partial charge in [-0.25, -0.2) is 0 Å². The van der Waals surface area contributed by atoms with Crippen molar-refractivity contribution in [2.24, 2.45) is 11.8 Å². The van der Waals surface area contributed by atoms with Crippen LogP contribution in [0.2, 0.25) is 0 Å². The molecular formula is C30H34N4O2. The lowest BCUT2D eigenvalue weighted by Gasteiger charge is -2.37. The van der Waals surface area contributed by atoms with Crippen LogP contribution in [-0.2, 0) is 17.6 Å². The zero-order valence-corrected chi connectivity index (χ0v) is 20.6. The lowest BCUT2D eigenvalue weighted by Crippen LogP contribution is -2.48. The van der Waals surface area contributed by atoms with Gasteiger partial charge >= 0.3 is 0 Å². The van der Waals surface area contributed by atoms with Gasteiger partial charge in [0.25, 0.3) is 0 Å². The number of H-pyrrole nitrogens is 1. The van der Waals surface area contributed by atoms with Gasteiger partial charge in [0, 0.05) is 55.4 Å². The second-order valence-electron chi connectivity index (χ2n) is 9.69. The summed E-state index contributed by atoms with van der Waals surface area (Å²) in [5.41, 5.74) is 3.70. The number of ether oxygens (including phenoxy) is 1. The number of carbonyl (C=O) groups is 1. The first-order valence-electron chi connectivity index (χ1n) is 12.9. The Bertz CT molecular complexity index is 1190. The number of rotatable bonds is 10. The monoisotopic (exact) mass is 482 g/mol. The summed E-state index contributed by atoms with van der Waals surface area (Å²) < 4.78 is 6.03. The molecule has 36 heavy (non-hydrogen) atoms. The van der Waals surface area contributed by atoms with Gasteiger partial charge in [-0.3, -0.25) is 9.78 Å². The van der Waals surface area contributed by atoms with E-state index < -0.39 is 0 Å². The number of amides is 1. The van der Waals surface area contributed by atoms with Crippen LogP contribution in [0, 0.1) is 11.8 Å². The molecule has 0 aliphatic carbocycles. The number of aromatic amines is 1. The van der Waals surface area contributed by atoms with Crippen molar-refractivity contribution < 1.29 is 9.53 Å². The molecule has 5 rings (SSSR count). The molecule has 186 valence electrons. The molecule has 0 bridgehead atoms. The van der Waals surface area contributed by atoms with Crippen LogP contribution in [0.3, 0.4) is 0 Å². The van der Waals surface area contributed by atoms with Crippen molar-refractivity contribution >= 4 is 16.8 Å². The minimum Gasteiger partial charge on any atom is -0.492 e. The number of fused-ring (bicyclic) bond motifs is 1. The summed E-state index contributed by atoms with van der Waals surface area (Å²) in [5.74, 6) is 1.17. The minimum absolute atomic E-state index is 0.0417. The van der Waals surface area contributed by atoms with E-state index in [0.717, 1.165) is 50.2 Å². The van der Waals surface area contributed by atoms with Gasteiger partial charge in [-0.15, -0.1) is 0 Å². The van der Waals surface area contributed by atoms with Crippen molar-refractivity contribution in [3.05, 3.63) is 96.4 Å². The van der Waals surface area contributed by atoms with Gasteiger partial charge in [-0.2, -0.15) is 0 Å². The number of hydrogen-bond donors (Lipinski definition) is 2. The molecule has 1 aliphatic rings. The molecule has 6 nitrogen and oxygen atoms in total. The topological polar surface area (TPSA) is 70.2 Å². The Balaban J connectivity index is 1.18. The Morgan fingerprint density at radius 1 is 1.03 bits per heavy atom. The summed E-state index contributed by atoms with van der Waals surface area (Å²) in [5, 5.41) is 4.44. The van der Waals surface area contributed by atoms with Crippen LogP contribution in [0.15, 0.2) is 85.3 Å². The van der Waals surface area contributed by atoms with E-state index in [-0.39, 0.29) is 11.8 Å². The maximum atomic E-state index is 13.2. The molecule has 1 fully saturated rings. The molecule has 0 radical (unpaired) electrons. The number of aromatic nitrogens is 2. The number of carbonyl (C=O) groups excluding carboxylic acids is 1. The fraction of sp³-hybridized carbons (Fsp3) is 0.333. The third kappa shape index (κ3) is 6.32. The molecule has 6 heteroatoms. The lowest BCUT2D eigenvalue weighted by atomic mass is 9.88. The van der Waals surface area contributed by atoms with E-state index >= 15 is 0 Å². The molecule has 2 atom stereocenters. The van der Waals surface area contributed by atoms with Gasteiger partial charge in [-0.1, -0.05) is 48.5 Å². The molecule has 0 saturated carbocycles. The van der Waals surface area contributed by atoms with E-state index in [4.69, 9.17) is 4.74 Å². The highest BCUT2D eigenvalue weighted by Crippen LogP contribution is 2.24. The first-order chi connectivity index (χ1) is 17.7. The van der Waals surface area contributed by atoms with Gasteiger partial charge in [0.15, 0.2) is 0 Å². The standard InChI is InChI=1S/C30H34N4O2/c35-30(32-15-12-25-18-33-29-11-5-4-10-28(25)29)26-17-24(22-36-27-9-6-14-31-19-27)20-34(21-26)16-13-23-7-2-1-3-8-23/h1-11,14,18-19,24,26,33H,12-13,15-17,20-22H2,(H,32,35)/t24-,26+/m0/s1. The van der Waals surface area contributed by atoms with Crippen molar-refractivity contribution in [2.75, 3.05) is 32.8 Å². The van der Waals surface area contributed by atoms with Crippen LogP contribution in [0.4, 0.5) is 0 Å². The third-order valence-corrected chi connectivity index (χ3v) is 7.03. The Labute approximate surface area is 212 Å². The smallest absolute Gasteiger partial charge is 0.224 e. The van der Waals surface area contributed by atoms with Gasteiger partial charge in [0.1, 0.15) is 5.75 Å².